The smallest absolute Gasteiger partial charge is 0.293 e. The summed E-state index contributed by atoms with van der Waals surface area (Å²) in [5.41, 5.74) is 1.98. The molecule has 1 aliphatic rings. The Balaban J connectivity index is 1.21. The minimum absolute atomic E-state index is 0.135. The van der Waals surface area contributed by atoms with Gasteiger partial charge in [-0.15, -0.1) is 11.8 Å². The lowest BCUT2D eigenvalue weighted by Crippen LogP contribution is -2.46. The van der Waals surface area contributed by atoms with Gasteiger partial charge in [0.2, 0.25) is 0 Å². The Morgan fingerprint density at radius 1 is 0.960 bits per heavy atom. The fourth-order valence-corrected chi connectivity index (χ4v) is 7.77. The average Bonchev–Trinajstić information content (AvgIpc) is 3.11. The van der Waals surface area contributed by atoms with Crippen molar-refractivity contribution in [2.45, 2.75) is 28.8 Å². The van der Waals surface area contributed by atoms with Gasteiger partial charge in [0.25, 0.3) is 21.6 Å². The zero-order valence-corrected chi connectivity index (χ0v) is 30.4. The highest BCUT2D eigenvalue weighted by Crippen LogP contribution is 2.30. The maximum absolute atomic E-state index is 13.3. The summed E-state index contributed by atoms with van der Waals surface area (Å²) in [6.45, 7) is 4.79. The number of anilines is 2. The van der Waals surface area contributed by atoms with Crippen molar-refractivity contribution in [1.82, 2.24) is 14.5 Å². The number of hydrogen-bond donors (Lipinski definition) is 2. The van der Waals surface area contributed by atoms with E-state index in [2.05, 4.69) is 19.8 Å². The Labute approximate surface area is 302 Å². The number of carbonyl (C=O) groups is 1. The minimum Gasteiger partial charge on any atom is -0.376 e. The van der Waals surface area contributed by atoms with Crippen molar-refractivity contribution >= 4 is 56.4 Å². The first-order valence-electron chi connectivity index (χ1n) is 16.2. The average molecular weight is 737 g/mol. The second-order valence-corrected chi connectivity index (χ2v) is 15.5. The predicted octanol–water partition coefficient (Wildman–Crippen LogP) is 6.21. The summed E-state index contributed by atoms with van der Waals surface area (Å²) in [5.74, 6) is -0.184. The van der Waals surface area contributed by atoms with Gasteiger partial charge in [-0.2, -0.15) is 0 Å². The maximum Gasteiger partial charge on any atom is 0.293 e. The molecule has 0 aromatic heterocycles. The van der Waals surface area contributed by atoms with E-state index in [0.717, 1.165) is 66.5 Å². The number of benzene rings is 4. The van der Waals surface area contributed by atoms with Gasteiger partial charge in [0.1, 0.15) is 5.69 Å². The first-order valence-corrected chi connectivity index (χ1v) is 19.1. The van der Waals surface area contributed by atoms with Crippen molar-refractivity contribution in [3.63, 3.8) is 0 Å². The van der Waals surface area contributed by atoms with Crippen molar-refractivity contribution < 1.29 is 18.1 Å². The lowest BCUT2D eigenvalue weighted by molar-refractivity contribution is -0.384. The molecule has 0 spiro atoms. The molecule has 0 radical (unpaired) electrons. The van der Waals surface area contributed by atoms with E-state index in [1.54, 1.807) is 36.0 Å². The minimum atomic E-state index is -4.41. The first-order chi connectivity index (χ1) is 24.0. The number of sulfonamides is 1. The summed E-state index contributed by atoms with van der Waals surface area (Å²) in [6, 6.07) is 27.9. The highest BCUT2D eigenvalue weighted by molar-refractivity contribution is 7.99. The Bertz CT molecular complexity index is 1870. The lowest BCUT2D eigenvalue weighted by Gasteiger charge is -2.36. The van der Waals surface area contributed by atoms with Crippen molar-refractivity contribution in [1.29, 1.82) is 0 Å². The fourth-order valence-electron chi connectivity index (χ4n) is 5.59. The number of nitrogens with one attached hydrogen (secondary N) is 2. The van der Waals surface area contributed by atoms with Crippen molar-refractivity contribution in [2.24, 2.45) is 0 Å². The Kier molecular flexibility index (Phi) is 12.8. The molecule has 1 amide bonds. The summed E-state index contributed by atoms with van der Waals surface area (Å²) in [6.07, 6.45) is 0.707. The van der Waals surface area contributed by atoms with Crippen LogP contribution in [0, 0.1) is 10.1 Å². The number of piperazine rings is 1. The number of amides is 1. The SMILES string of the molecule is CN(C)CCC(CSc1ccccc1)Nc1ccc(S(=O)(=O)NC(=O)c2ccc(N3CCN(Cc4ccccc4Cl)CC3)cc2)cc1[N+](=O)[O-]. The van der Waals surface area contributed by atoms with E-state index in [0.29, 0.717) is 12.2 Å². The summed E-state index contributed by atoms with van der Waals surface area (Å²) in [4.78, 5) is 31.8. The zero-order chi connectivity index (χ0) is 35.7. The van der Waals surface area contributed by atoms with Crippen molar-refractivity contribution in [3.05, 3.63) is 123 Å². The predicted molar refractivity (Wildman–Crippen MR) is 201 cm³/mol. The second kappa shape index (κ2) is 17.2. The van der Waals surface area contributed by atoms with Crippen LogP contribution in [-0.2, 0) is 16.6 Å². The molecule has 1 atom stereocenters. The summed E-state index contributed by atoms with van der Waals surface area (Å²) in [7, 11) is -0.496. The van der Waals surface area contributed by atoms with E-state index in [1.165, 1.54) is 12.1 Å². The molecule has 1 saturated heterocycles. The number of halogens is 1. The monoisotopic (exact) mass is 736 g/mol. The fraction of sp³-hybridized carbons (Fsp3) is 0.306. The summed E-state index contributed by atoms with van der Waals surface area (Å²) >= 11 is 7.96. The van der Waals surface area contributed by atoms with E-state index >= 15 is 0 Å². The molecule has 2 N–H and O–H groups in total. The number of nitro groups is 1. The molecule has 264 valence electrons. The van der Waals surface area contributed by atoms with E-state index in [1.807, 2.05) is 73.6 Å². The third-order valence-electron chi connectivity index (χ3n) is 8.40. The second-order valence-electron chi connectivity index (χ2n) is 12.3. The molecule has 14 heteroatoms. The Morgan fingerprint density at radius 2 is 1.64 bits per heavy atom. The Hall–Kier alpha value is -4.14. The molecular formula is C36H41ClN6O5S2. The molecule has 4 aromatic carbocycles. The van der Waals surface area contributed by atoms with Crippen LogP contribution in [0.4, 0.5) is 17.1 Å². The van der Waals surface area contributed by atoms with Gasteiger partial charge in [-0.3, -0.25) is 19.8 Å². The molecule has 1 aliphatic heterocycles. The zero-order valence-electron chi connectivity index (χ0n) is 28.0. The van der Waals surface area contributed by atoms with Crippen LogP contribution in [-0.4, -0.2) is 87.7 Å². The van der Waals surface area contributed by atoms with Gasteiger partial charge in [0, 0.05) is 71.8 Å². The van der Waals surface area contributed by atoms with E-state index < -0.39 is 26.5 Å². The highest BCUT2D eigenvalue weighted by atomic mass is 35.5. The van der Waals surface area contributed by atoms with Gasteiger partial charge in [-0.05, 0) is 87.2 Å². The molecule has 5 rings (SSSR count). The van der Waals surface area contributed by atoms with Crippen LogP contribution in [0.5, 0.6) is 0 Å². The standard InChI is InChI=1S/C36H41ClN6O5S2/c1-40(2)19-18-29(26-49-31-9-4-3-5-10-31)38-34-17-16-32(24-35(34)43(45)46)50(47,48)39-36(44)27-12-14-30(15-13-27)42-22-20-41(21-23-42)25-28-8-6-7-11-33(28)37/h3-17,24,29,38H,18-23,25-26H2,1-2H3,(H,39,44). The summed E-state index contributed by atoms with van der Waals surface area (Å²) < 4.78 is 28.6. The van der Waals surface area contributed by atoms with E-state index in [-0.39, 0.29) is 22.2 Å². The molecule has 50 heavy (non-hydrogen) atoms. The van der Waals surface area contributed by atoms with Gasteiger partial charge in [0.05, 0.1) is 9.82 Å². The van der Waals surface area contributed by atoms with Crippen molar-refractivity contribution in [2.75, 3.05) is 62.8 Å². The molecule has 1 heterocycles. The van der Waals surface area contributed by atoms with Gasteiger partial charge >= 0.3 is 0 Å². The highest BCUT2D eigenvalue weighted by Gasteiger charge is 2.26. The third kappa shape index (κ3) is 10.2. The number of rotatable bonds is 15. The van der Waals surface area contributed by atoms with Gasteiger partial charge in [-0.25, -0.2) is 13.1 Å². The van der Waals surface area contributed by atoms with Crippen LogP contribution in [0.3, 0.4) is 0 Å². The lowest BCUT2D eigenvalue weighted by atomic mass is 10.1. The normalized spacial score (nSPS) is 14.4. The molecule has 0 aliphatic carbocycles. The van der Waals surface area contributed by atoms with Crippen LogP contribution >= 0.6 is 23.4 Å². The number of hydrogen-bond acceptors (Lipinski definition) is 10. The maximum atomic E-state index is 13.3. The van der Waals surface area contributed by atoms with Crippen LogP contribution in [0.15, 0.2) is 107 Å². The topological polar surface area (TPSA) is 128 Å². The van der Waals surface area contributed by atoms with Crippen LogP contribution in [0.2, 0.25) is 5.02 Å². The molecular weight excluding hydrogens is 696 g/mol. The van der Waals surface area contributed by atoms with Gasteiger partial charge in [0.15, 0.2) is 0 Å². The van der Waals surface area contributed by atoms with E-state index in [9.17, 15) is 23.3 Å². The largest absolute Gasteiger partial charge is 0.376 e. The van der Waals surface area contributed by atoms with Crippen LogP contribution in [0.25, 0.3) is 0 Å². The van der Waals surface area contributed by atoms with Gasteiger partial charge < -0.3 is 15.1 Å². The van der Waals surface area contributed by atoms with Crippen molar-refractivity contribution in [3.8, 4) is 0 Å². The molecule has 0 saturated carbocycles. The Morgan fingerprint density at radius 3 is 2.30 bits per heavy atom. The third-order valence-corrected chi connectivity index (χ3v) is 11.3. The molecule has 0 bridgehead atoms. The molecule has 1 unspecified atom stereocenters. The van der Waals surface area contributed by atoms with Gasteiger partial charge in [-0.1, -0.05) is 48.0 Å². The molecule has 1 fully saturated rings. The van der Waals surface area contributed by atoms with E-state index in [4.69, 9.17) is 11.6 Å². The number of carbonyl (C=O) groups excluding carboxylic acids is 1. The molecule has 11 nitrogen and oxygen atoms in total. The molecule has 4 aromatic rings. The number of nitrogens with zero attached hydrogens (tertiary/aromatic N) is 4. The quantitative estimate of drug-likeness (QED) is 0.0826. The van der Waals surface area contributed by atoms with Crippen LogP contribution in [0.1, 0.15) is 22.3 Å². The number of nitro benzene ring substituents is 1. The first kappa shape index (κ1) is 37.1. The van der Waals surface area contributed by atoms with Crippen LogP contribution < -0.4 is 14.9 Å². The summed E-state index contributed by atoms with van der Waals surface area (Å²) in [5, 5.41) is 16.1. The number of thioether (sulfide) groups is 1.